The van der Waals surface area contributed by atoms with E-state index in [1.165, 1.54) is 5.69 Å². The molecule has 5 heteroatoms. The Bertz CT molecular complexity index is 499. The zero-order valence-corrected chi connectivity index (χ0v) is 14.4. The van der Waals surface area contributed by atoms with Crippen LogP contribution in [-0.2, 0) is 4.74 Å². The molecule has 0 bridgehead atoms. The molecule has 1 aromatic rings. The topological polar surface area (TPSA) is 41.6 Å². The van der Waals surface area contributed by atoms with Gasteiger partial charge in [0.25, 0.3) is 0 Å². The maximum atomic E-state index is 11.9. The molecule has 1 amide bonds. The molecule has 0 spiro atoms. The Hall–Kier alpha value is -1.23. The van der Waals surface area contributed by atoms with E-state index in [2.05, 4.69) is 38.3 Å². The summed E-state index contributed by atoms with van der Waals surface area (Å²) in [6, 6.07) is 8.39. The smallest absolute Gasteiger partial charge is 0.407 e. The minimum atomic E-state index is -0.456. The summed E-state index contributed by atoms with van der Waals surface area (Å²) in [5.41, 5.74) is 0.725. The highest BCUT2D eigenvalue weighted by molar-refractivity contribution is 9.10. The van der Waals surface area contributed by atoms with Gasteiger partial charge in [0.1, 0.15) is 5.60 Å². The van der Waals surface area contributed by atoms with Crippen LogP contribution in [0.25, 0.3) is 0 Å². The number of ether oxygens (including phenoxy) is 1. The first kappa shape index (κ1) is 16.1. The third-order valence-corrected chi connectivity index (χ3v) is 3.81. The number of carbonyl (C=O) groups excluding carboxylic acids is 1. The first-order chi connectivity index (χ1) is 9.83. The van der Waals surface area contributed by atoms with Crippen molar-refractivity contribution in [2.24, 2.45) is 0 Å². The lowest BCUT2D eigenvalue weighted by molar-refractivity contribution is 0.0500. The number of piperidine rings is 1. The lowest BCUT2D eigenvalue weighted by atomic mass is 10.1. The molecule has 0 unspecified atom stereocenters. The average molecular weight is 355 g/mol. The molecule has 21 heavy (non-hydrogen) atoms. The number of nitrogens with zero attached hydrogens (tertiary/aromatic N) is 1. The van der Waals surface area contributed by atoms with Crippen LogP contribution in [-0.4, -0.2) is 30.8 Å². The van der Waals surface area contributed by atoms with Gasteiger partial charge in [-0.15, -0.1) is 0 Å². The Morgan fingerprint density at radius 1 is 1.43 bits per heavy atom. The summed E-state index contributed by atoms with van der Waals surface area (Å²) in [4.78, 5) is 14.2. The van der Waals surface area contributed by atoms with Crippen molar-refractivity contribution >= 4 is 27.7 Å². The van der Waals surface area contributed by atoms with Crippen LogP contribution in [0.2, 0.25) is 0 Å². The van der Waals surface area contributed by atoms with Crippen LogP contribution in [0, 0.1) is 0 Å². The predicted octanol–water partition coefficient (Wildman–Crippen LogP) is 3.94. The highest BCUT2D eigenvalue weighted by Crippen LogP contribution is 2.23. The molecule has 1 N–H and O–H groups in total. The first-order valence-electron chi connectivity index (χ1n) is 7.33. The van der Waals surface area contributed by atoms with Gasteiger partial charge >= 0.3 is 6.09 Å². The molecule has 0 aromatic heterocycles. The normalized spacial score (nSPS) is 19.2. The highest BCUT2D eigenvalue weighted by Gasteiger charge is 2.24. The maximum absolute atomic E-state index is 11.9. The second kappa shape index (κ2) is 6.69. The van der Waals surface area contributed by atoms with Crippen LogP contribution in [0.15, 0.2) is 28.7 Å². The van der Waals surface area contributed by atoms with Crippen molar-refractivity contribution in [1.82, 2.24) is 5.32 Å². The van der Waals surface area contributed by atoms with Crippen molar-refractivity contribution in [3.63, 3.8) is 0 Å². The van der Waals surface area contributed by atoms with Gasteiger partial charge in [-0.1, -0.05) is 22.0 Å². The van der Waals surface area contributed by atoms with Gasteiger partial charge < -0.3 is 15.0 Å². The number of halogens is 1. The fraction of sp³-hybridized carbons (Fsp3) is 0.562. The van der Waals surface area contributed by atoms with Gasteiger partial charge in [0.2, 0.25) is 0 Å². The number of anilines is 1. The molecule has 0 aliphatic carbocycles. The first-order valence-corrected chi connectivity index (χ1v) is 8.13. The van der Waals surface area contributed by atoms with Crippen LogP contribution >= 0.6 is 15.9 Å². The molecule has 1 aliphatic rings. The summed E-state index contributed by atoms with van der Waals surface area (Å²) in [5, 5.41) is 2.98. The molecule has 116 valence electrons. The Morgan fingerprint density at radius 2 is 2.19 bits per heavy atom. The van der Waals surface area contributed by atoms with Crippen molar-refractivity contribution in [3.8, 4) is 0 Å². The van der Waals surface area contributed by atoms with E-state index in [0.29, 0.717) is 0 Å². The van der Waals surface area contributed by atoms with Crippen LogP contribution in [0.4, 0.5) is 10.5 Å². The number of nitrogens with one attached hydrogen (secondary N) is 1. The number of hydrogen-bond acceptors (Lipinski definition) is 3. The van der Waals surface area contributed by atoms with E-state index in [-0.39, 0.29) is 12.1 Å². The SMILES string of the molecule is CC(C)(C)OC(=O)N[C@H]1CCCN(c2cccc(Br)c2)C1. The number of rotatable bonds is 2. The van der Waals surface area contributed by atoms with Gasteiger partial charge in [0, 0.05) is 29.3 Å². The van der Waals surface area contributed by atoms with E-state index in [4.69, 9.17) is 4.74 Å². The van der Waals surface area contributed by atoms with Crippen LogP contribution in [0.5, 0.6) is 0 Å². The number of amides is 1. The Morgan fingerprint density at radius 3 is 2.86 bits per heavy atom. The average Bonchev–Trinajstić information content (AvgIpc) is 2.36. The molecule has 1 atom stereocenters. The van der Waals surface area contributed by atoms with E-state index in [0.717, 1.165) is 30.4 Å². The molecule has 1 aromatic carbocycles. The Balaban J connectivity index is 1.93. The predicted molar refractivity (Wildman–Crippen MR) is 88.7 cm³/mol. The van der Waals surface area contributed by atoms with Gasteiger partial charge in [0.15, 0.2) is 0 Å². The summed E-state index contributed by atoms with van der Waals surface area (Å²) in [5.74, 6) is 0. The van der Waals surface area contributed by atoms with Gasteiger partial charge in [-0.3, -0.25) is 0 Å². The largest absolute Gasteiger partial charge is 0.444 e. The van der Waals surface area contributed by atoms with Crippen LogP contribution in [0.1, 0.15) is 33.6 Å². The van der Waals surface area contributed by atoms with Gasteiger partial charge in [-0.25, -0.2) is 4.79 Å². The molecular formula is C16H23BrN2O2. The van der Waals surface area contributed by atoms with E-state index in [9.17, 15) is 4.79 Å². The summed E-state index contributed by atoms with van der Waals surface area (Å²) in [7, 11) is 0. The molecule has 0 radical (unpaired) electrons. The standard InChI is InChI=1S/C16H23BrN2O2/c1-16(2,3)21-15(20)18-13-7-5-9-19(11-13)14-8-4-6-12(17)10-14/h4,6,8,10,13H,5,7,9,11H2,1-3H3,(H,18,20)/t13-/m0/s1. The van der Waals surface area contributed by atoms with E-state index in [1.807, 2.05) is 32.9 Å². The second-order valence-corrected chi connectivity index (χ2v) is 7.33. The van der Waals surface area contributed by atoms with Crippen LogP contribution < -0.4 is 10.2 Å². The Kier molecular flexibility index (Phi) is 5.14. The van der Waals surface area contributed by atoms with Crippen molar-refractivity contribution < 1.29 is 9.53 Å². The summed E-state index contributed by atoms with van der Waals surface area (Å²) < 4.78 is 6.40. The molecule has 0 saturated carbocycles. The third-order valence-electron chi connectivity index (χ3n) is 3.32. The van der Waals surface area contributed by atoms with Crippen LogP contribution in [0.3, 0.4) is 0 Å². The van der Waals surface area contributed by atoms with Crippen molar-refractivity contribution in [2.75, 3.05) is 18.0 Å². The van der Waals surface area contributed by atoms with E-state index >= 15 is 0 Å². The lowest BCUT2D eigenvalue weighted by Crippen LogP contribution is -2.49. The number of benzene rings is 1. The minimum Gasteiger partial charge on any atom is -0.444 e. The summed E-state index contributed by atoms with van der Waals surface area (Å²) >= 11 is 3.50. The summed E-state index contributed by atoms with van der Waals surface area (Å²) in [6.45, 7) is 7.46. The number of alkyl carbamates (subject to hydrolysis) is 1. The van der Waals surface area contributed by atoms with Crippen molar-refractivity contribution in [3.05, 3.63) is 28.7 Å². The second-order valence-electron chi connectivity index (χ2n) is 6.41. The monoisotopic (exact) mass is 354 g/mol. The minimum absolute atomic E-state index is 0.132. The number of hydrogen-bond donors (Lipinski definition) is 1. The molecule has 1 fully saturated rings. The molecule has 1 heterocycles. The number of carbonyl (C=O) groups is 1. The molecule has 1 aliphatic heterocycles. The van der Waals surface area contributed by atoms with Gasteiger partial charge in [-0.2, -0.15) is 0 Å². The molecule has 1 saturated heterocycles. The highest BCUT2D eigenvalue weighted by atomic mass is 79.9. The molecular weight excluding hydrogens is 332 g/mol. The van der Waals surface area contributed by atoms with Gasteiger partial charge in [-0.05, 0) is 51.8 Å². The molecule has 4 nitrogen and oxygen atoms in total. The zero-order valence-electron chi connectivity index (χ0n) is 12.9. The fourth-order valence-electron chi connectivity index (χ4n) is 2.48. The lowest BCUT2D eigenvalue weighted by Gasteiger charge is -2.35. The van der Waals surface area contributed by atoms with E-state index < -0.39 is 5.60 Å². The van der Waals surface area contributed by atoms with E-state index in [1.54, 1.807) is 0 Å². The quantitative estimate of drug-likeness (QED) is 0.874. The van der Waals surface area contributed by atoms with Gasteiger partial charge in [0.05, 0.1) is 0 Å². The fourth-order valence-corrected chi connectivity index (χ4v) is 2.86. The molecule has 2 rings (SSSR count). The van der Waals surface area contributed by atoms with Crippen molar-refractivity contribution in [2.45, 2.75) is 45.3 Å². The Labute approximate surface area is 135 Å². The van der Waals surface area contributed by atoms with Crippen molar-refractivity contribution in [1.29, 1.82) is 0 Å². The maximum Gasteiger partial charge on any atom is 0.407 e. The third kappa shape index (κ3) is 5.23. The zero-order chi connectivity index (χ0) is 15.5. The summed E-state index contributed by atoms with van der Waals surface area (Å²) in [6.07, 6.45) is 1.72.